The Morgan fingerprint density at radius 3 is 2.88 bits per heavy atom. The first kappa shape index (κ1) is 17.5. The molecule has 1 N–H and O–H groups in total. The van der Waals surface area contributed by atoms with Crippen LogP contribution in [0.15, 0.2) is 12.4 Å². The maximum atomic E-state index is 12.8. The minimum absolute atomic E-state index is 0.0338. The molecule has 0 spiro atoms. The average molecular weight is 369 g/mol. The molecule has 1 amide bonds. The summed E-state index contributed by atoms with van der Waals surface area (Å²) in [6, 6.07) is 0. The highest BCUT2D eigenvalue weighted by Crippen LogP contribution is 2.38. The van der Waals surface area contributed by atoms with Gasteiger partial charge in [-0.1, -0.05) is 0 Å². The smallest absolute Gasteiger partial charge is 0.341 e. The van der Waals surface area contributed by atoms with Crippen molar-refractivity contribution in [3.63, 3.8) is 0 Å². The number of hydrogen-bond donors (Lipinski definition) is 1. The van der Waals surface area contributed by atoms with Crippen molar-refractivity contribution in [2.45, 2.75) is 45.8 Å². The summed E-state index contributed by atoms with van der Waals surface area (Å²) >= 11 is 1.38. The van der Waals surface area contributed by atoms with Gasteiger partial charge in [-0.2, -0.15) is 8.78 Å². The molecule has 134 valence electrons. The molecule has 25 heavy (non-hydrogen) atoms. The summed E-state index contributed by atoms with van der Waals surface area (Å²) in [6.07, 6.45) is 5.94. The van der Waals surface area contributed by atoms with E-state index in [-0.39, 0.29) is 18.3 Å². The summed E-state index contributed by atoms with van der Waals surface area (Å²) in [5.41, 5.74) is 1.23. The molecule has 0 saturated heterocycles. The van der Waals surface area contributed by atoms with Gasteiger partial charge in [-0.15, -0.1) is 11.3 Å². The fraction of sp³-hybridized carbons (Fsp3) is 0.438. The number of aryl methyl sites for hydroxylation is 1. The number of anilines is 1. The van der Waals surface area contributed by atoms with E-state index in [0.29, 0.717) is 15.1 Å². The van der Waals surface area contributed by atoms with Gasteiger partial charge in [0.15, 0.2) is 5.82 Å². The lowest BCUT2D eigenvalue weighted by Crippen LogP contribution is -2.15. The fourth-order valence-corrected chi connectivity index (χ4v) is 4.19. The number of nitrogens with one attached hydrogen (secondary N) is 1. The number of aromatic nitrogens is 2. The Morgan fingerprint density at radius 1 is 1.40 bits per heavy atom. The van der Waals surface area contributed by atoms with E-state index in [1.807, 2.05) is 0 Å². The normalized spacial score (nSPS) is 13.6. The van der Waals surface area contributed by atoms with E-state index in [9.17, 15) is 18.4 Å². The van der Waals surface area contributed by atoms with Crippen LogP contribution >= 0.6 is 11.3 Å². The second-order valence-corrected chi connectivity index (χ2v) is 6.81. The van der Waals surface area contributed by atoms with Crippen LogP contribution in [0.25, 0.3) is 0 Å². The average Bonchev–Trinajstić information content (AvgIpc) is 3.16. The zero-order valence-electron chi connectivity index (χ0n) is 13.6. The predicted octanol–water partition coefficient (Wildman–Crippen LogP) is 3.53. The molecule has 2 heterocycles. The van der Waals surface area contributed by atoms with Crippen LogP contribution < -0.4 is 5.32 Å². The second kappa shape index (κ2) is 7.30. The molecule has 0 aliphatic heterocycles. The molecule has 2 aromatic rings. The van der Waals surface area contributed by atoms with Crippen LogP contribution in [0.2, 0.25) is 0 Å². The lowest BCUT2D eigenvalue weighted by Gasteiger charge is -2.13. The summed E-state index contributed by atoms with van der Waals surface area (Å²) in [5.74, 6) is -0.943. The van der Waals surface area contributed by atoms with E-state index in [1.165, 1.54) is 24.5 Å². The monoisotopic (exact) mass is 369 g/mol. The lowest BCUT2D eigenvalue weighted by atomic mass is 9.95. The van der Waals surface area contributed by atoms with Crippen LogP contribution in [-0.2, 0) is 29.0 Å². The summed E-state index contributed by atoms with van der Waals surface area (Å²) in [7, 11) is 0. The van der Waals surface area contributed by atoms with Gasteiger partial charge in [-0.05, 0) is 31.2 Å². The maximum Gasteiger partial charge on any atom is 0.341 e. The standard InChI is InChI=1S/C16H17F2N3O3S/c1-9(22)20-14-13(10-4-2-3-5-11(10)25-14)15(23)24-8-12-19-6-7-21(12)16(17)18/h6-7,16H,2-5,8H2,1H3,(H,20,22). The number of ether oxygens (including phenoxy) is 1. The number of halogens is 2. The van der Waals surface area contributed by atoms with Crippen LogP contribution in [0, 0.1) is 0 Å². The van der Waals surface area contributed by atoms with Crippen LogP contribution in [-0.4, -0.2) is 21.4 Å². The number of carbonyl (C=O) groups is 2. The minimum Gasteiger partial charge on any atom is -0.454 e. The van der Waals surface area contributed by atoms with Crippen molar-refractivity contribution < 1.29 is 23.1 Å². The molecule has 9 heteroatoms. The third-order valence-corrected chi connectivity index (χ3v) is 5.16. The van der Waals surface area contributed by atoms with Gasteiger partial charge in [0.2, 0.25) is 5.91 Å². The number of amides is 1. The third kappa shape index (κ3) is 3.71. The Balaban J connectivity index is 1.82. The van der Waals surface area contributed by atoms with E-state index in [0.717, 1.165) is 42.3 Å². The highest BCUT2D eigenvalue weighted by Gasteiger charge is 2.27. The first-order chi connectivity index (χ1) is 12.0. The number of imidazole rings is 1. The van der Waals surface area contributed by atoms with Crippen molar-refractivity contribution in [3.05, 3.63) is 34.2 Å². The number of carbonyl (C=O) groups excluding carboxylic acids is 2. The molecule has 0 atom stereocenters. The molecular weight excluding hydrogens is 352 g/mol. The first-order valence-electron chi connectivity index (χ1n) is 7.86. The molecule has 0 saturated carbocycles. The van der Waals surface area contributed by atoms with Crippen molar-refractivity contribution in [2.75, 3.05) is 5.32 Å². The van der Waals surface area contributed by atoms with Crippen LogP contribution in [0.3, 0.4) is 0 Å². The molecular formula is C16H17F2N3O3S. The largest absolute Gasteiger partial charge is 0.454 e. The summed E-state index contributed by atoms with van der Waals surface area (Å²) < 4.78 is 31.5. The summed E-state index contributed by atoms with van der Waals surface area (Å²) in [4.78, 5) is 28.8. The molecule has 1 aliphatic rings. The van der Waals surface area contributed by atoms with E-state index in [1.54, 1.807) is 0 Å². The van der Waals surface area contributed by atoms with Crippen LogP contribution in [0.5, 0.6) is 0 Å². The van der Waals surface area contributed by atoms with Gasteiger partial charge in [-0.25, -0.2) is 9.78 Å². The number of thiophene rings is 1. The lowest BCUT2D eigenvalue weighted by molar-refractivity contribution is -0.114. The number of fused-ring (bicyclic) bond motifs is 1. The van der Waals surface area contributed by atoms with Gasteiger partial charge in [0, 0.05) is 24.2 Å². The molecule has 1 aliphatic carbocycles. The minimum atomic E-state index is -2.75. The Kier molecular flexibility index (Phi) is 5.12. The maximum absolute atomic E-state index is 12.8. The van der Waals surface area contributed by atoms with Gasteiger partial charge in [0.1, 0.15) is 11.6 Å². The molecule has 0 unspecified atom stereocenters. The molecule has 0 aromatic carbocycles. The highest BCUT2D eigenvalue weighted by molar-refractivity contribution is 7.17. The van der Waals surface area contributed by atoms with Crippen LogP contribution in [0.1, 0.15) is 52.9 Å². The number of alkyl halides is 2. The Labute approximate surface area is 146 Å². The van der Waals surface area contributed by atoms with E-state index in [2.05, 4.69) is 10.3 Å². The molecule has 0 fully saturated rings. The van der Waals surface area contributed by atoms with Crippen molar-refractivity contribution in [1.82, 2.24) is 9.55 Å². The van der Waals surface area contributed by atoms with E-state index >= 15 is 0 Å². The van der Waals surface area contributed by atoms with E-state index < -0.39 is 12.5 Å². The molecule has 6 nitrogen and oxygen atoms in total. The fourth-order valence-electron chi connectivity index (χ4n) is 2.87. The number of nitrogens with zero attached hydrogens (tertiary/aromatic N) is 2. The van der Waals surface area contributed by atoms with Gasteiger partial charge >= 0.3 is 12.5 Å². The van der Waals surface area contributed by atoms with Crippen LogP contribution in [0.4, 0.5) is 13.8 Å². The first-order valence-corrected chi connectivity index (χ1v) is 8.68. The molecule has 0 radical (unpaired) electrons. The Morgan fingerprint density at radius 2 is 2.16 bits per heavy atom. The zero-order valence-corrected chi connectivity index (χ0v) is 14.4. The van der Waals surface area contributed by atoms with Crippen molar-refractivity contribution in [2.24, 2.45) is 0 Å². The van der Waals surface area contributed by atoms with Gasteiger partial charge in [0.05, 0.1) is 5.56 Å². The number of esters is 1. The molecule has 0 bridgehead atoms. The second-order valence-electron chi connectivity index (χ2n) is 5.70. The zero-order chi connectivity index (χ0) is 18.0. The third-order valence-electron chi connectivity index (χ3n) is 3.96. The van der Waals surface area contributed by atoms with Crippen molar-refractivity contribution in [1.29, 1.82) is 0 Å². The van der Waals surface area contributed by atoms with Gasteiger partial charge < -0.3 is 10.1 Å². The molecule has 3 rings (SSSR count). The summed E-state index contributed by atoms with van der Waals surface area (Å²) in [5, 5.41) is 3.13. The SMILES string of the molecule is CC(=O)Nc1sc2c(c1C(=O)OCc1nccn1C(F)F)CCCC2. The summed E-state index contributed by atoms with van der Waals surface area (Å²) in [6.45, 7) is -1.74. The predicted molar refractivity (Wildman–Crippen MR) is 87.9 cm³/mol. The molecule has 2 aromatic heterocycles. The van der Waals surface area contributed by atoms with E-state index in [4.69, 9.17) is 4.74 Å². The number of rotatable bonds is 5. The topological polar surface area (TPSA) is 73.2 Å². The highest BCUT2D eigenvalue weighted by atomic mass is 32.1. The van der Waals surface area contributed by atoms with Gasteiger partial charge in [-0.3, -0.25) is 9.36 Å². The Bertz CT molecular complexity index is 801. The Hall–Kier alpha value is -2.29. The van der Waals surface area contributed by atoms with Gasteiger partial charge in [0.25, 0.3) is 0 Å². The number of hydrogen-bond acceptors (Lipinski definition) is 5. The van der Waals surface area contributed by atoms with Crippen molar-refractivity contribution in [3.8, 4) is 0 Å². The van der Waals surface area contributed by atoms with Crippen molar-refractivity contribution >= 4 is 28.2 Å². The quantitative estimate of drug-likeness (QED) is 0.819.